The van der Waals surface area contributed by atoms with Gasteiger partial charge in [-0.15, -0.1) is 0 Å². The van der Waals surface area contributed by atoms with Crippen molar-refractivity contribution in [1.82, 2.24) is 15.2 Å². The second-order valence-corrected chi connectivity index (χ2v) is 8.52. The number of carbonyl (C=O) groups excluding carboxylic acids is 1. The SMILES string of the molecule is N#Cc1cc2c(nc1SCC(=O)NCc1ccccc1)CCN(Cc1ccccc1)C2. The van der Waals surface area contributed by atoms with E-state index in [-0.39, 0.29) is 11.7 Å². The third-order valence-electron chi connectivity index (χ3n) is 5.26. The van der Waals surface area contributed by atoms with Gasteiger partial charge in [-0.2, -0.15) is 5.26 Å². The first-order valence-electron chi connectivity index (χ1n) is 10.3. The Kier molecular flexibility index (Phi) is 6.98. The van der Waals surface area contributed by atoms with Gasteiger partial charge in [-0.3, -0.25) is 9.69 Å². The predicted molar refractivity (Wildman–Crippen MR) is 122 cm³/mol. The molecule has 1 aliphatic heterocycles. The van der Waals surface area contributed by atoms with Gasteiger partial charge in [0.2, 0.25) is 5.91 Å². The second-order valence-electron chi connectivity index (χ2n) is 7.56. The number of nitrogens with one attached hydrogen (secondary N) is 1. The molecule has 0 aliphatic carbocycles. The summed E-state index contributed by atoms with van der Waals surface area (Å²) in [7, 11) is 0. The number of thioether (sulfide) groups is 1. The van der Waals surface area contributed by atoms with Gasteiger partial charge in [0, 0.05) is 38.3 Å². The molecule has 2 aromatic carbocycles. The third kappa shape index (κ3) is 5.72. The number of nitriles is 1. The summed E-state index contributed by atoms with van der Waals surface area (Å²) in [4.78, 5) is 19.4. The number of pyridine rings is 1. The maximum absolute atomic E-state index is 12.2. The lowest BCUT2D eigenvalue weighted by molar-refractivity contribution is -0.118. The zero-order valence-electron chi connectivity index (χ0n) is 17.3. The number of aromatic nitrogens is 1. The Labute approximate surface area is 187 Å². The summed E-state index contributed by atoms with van der Waals surface area (Å²) in [5.41, 5.74) is 5.03. The molecule has 0 saturated heterocycles. The van der Waals surface area contributed by atoms with Crippen LogP contribution in [0.1, 0.15) is 27.9 Å². The van der Waals surface area contributed by atoms with Gasteiger partial charge >= 0.3 is 0 Å². The fourth-order valence-electron chi connectivity index (χ4n) is 3.66. The molecule has 0 bridgehead atoms. The van der Waals surface area contributed by atoms with Crippen LogP contribution < -0.4 is 5.32 Å². The lowest BCUT2D eigenvalue weighted by Gasteiger charge is -2.28. The fraction of sp³-hybridized carbons (Fsp3) is 0.240. The van der Waals surface area contributed by atoms with E-state index in [0.29, 0.717) is 17.1 Å². The molecule has 0 fully saturated rings. The van der Waals surface area contributed by atoms with E-state index in [1.807, 2.05) is 42.5 Å². The molecule has 5 nitrogen and oxygen atoms in total. The molecule has 0 unspecified atom stereocenters. The summed E-state index contributed by atoms with van der Waals surface area (Å²) in [5.74, 6) is 0.180. The van der Waals surface area contributed by atoms with E-state index in [0.717, 1.165) is 42.9 Å². The minimum absolute atomic E-state index is 0.0636. The Balaban J connectivity index is 1.36. The topological polar surface area (TPSA) is 69.0 Å². The number of carbonyl (C=O) groups is 1. The predicted octanol–water partition coefficient (Wildman–Crippen LogP) is 3.92. The zero-order chi connectivity index (χ0) is 21.5. The molecule has 1 N–H and O–H groups in total. The van der Waals surface area contributed by atoms with Gasteiger partial charge in [-0.1, -0.05) is 72.4 Å². The van der Waals surface area contributed by atoms with Crippen LogP contribution in [0.5, 0.6) is 0 Å². The first-order valence-corrected chi connectivity index (χ1v) is 11.3. The Morgan fingerprint density at radius 2 is 1.81 bits per heavy atom. The van der Waals surface area contributed by atoms with Gasteiger partial charge in [-0.25, -0.2) is 4.98 Å². The minimum atomic E-state index is -0.0636. The van der Waals surface area contributed by atoms with E-state index in [4.69, 9.17) is 4.98 Å². The minimum Gasteiger partial charge on any atom is -0.351 e. The molecule has 1 aromatic heterocycles. The first-order chi connectivity index (χ1) is 15.2. The largest absolute Gasteiger partial charge is 0.351 e. The lowest BCUT2D eigenvalue weighted by atomic mass is 10.0. The van der Waals surface area contributed by atoms with Crippen molar-refractivity contribution >= 4 is 17.7 Å². The molecule has 1 aliphatic rings. The first kappa shape index (κ1) is 21.1. The molecule has 1 amide bonds. The van der Waals surface area contributed by atoms with E-state index in [1.165, 1.54) is 17.3 Å². The quantitative estimate of drug-likeness (QED) is 0.578. The van der Waals surface area contributed by atoms with Crippen LogP contribution in [0, 0.1) is 11.3 Å². The summed E-state index contributed by atoms with van der Waals surface area (Å²) in [5, 5.41) is 13.2. The van der Waals surface area contributed by atoms with Crippen molar-refractivity contribution in [3.63, 3.8) is 0 Å². The lowest BCUT2D eigenvalue weighted by Crippen LogP contribution is -2.31. The highest BCUT2D eigenvalue weighted by Crippen LogP contribution is 2.27. The van der Waals surface area contributed by atoms with Crippen LogP contribution in [0.25, 0.3) is 0 Å². The molecular weight excluding hydrogens is 404 g/mol. The third-order valence-corrected chi connectivity index (χ3v) is 6.25. The highest BCUT2D eigenvalue weighted by Gasteiger charge is 2.20. The van der Waals surface area contributed by atoms with E-state index in [2.05, 4.69) is 40.6 Å². The Morgan fingerprint density at radius 1 is 1.10 bits per heavy atom. The maximum atomic E-state index is 12.2. The number of amides is 1. The molecule has 3 aromatic rings. The summed E-state index contributed by atoms with van der Waals surface area (Å²) in [6, 6.07) is 24.4. The molecule has 4 rings (SSSR count). The van der Waals surface area contributed by atoms with E-state index in [9.17, 15) is 10.1 Å². The van der Waals surface area contributed by atoms with Crippen LogP contribution in [0.15, 0.2) is 71.8 Å². The molecule has 0 atom stereocenters. The number of benzene rings is 2. The van der Waals surface area contributed by atoms with Crippen molar-refractivity contribution in [1.29, 1.82) is 5.26 Å². The van der Waals surface area contributed by atoms with E-state index >= 15 is 0 Å². The average Bonchev–Trinajstić information content (AvgIpc) is 2.82. The number of fused-ring (bicyclic) bond motifs is 1. The molecule has 156 valence electrons. The summed E-state index contributed by atoms with van der Waals surface area (Å²) < 4.78 is 0. The average molecular weight is 429 g/mol. The van der Waals surface area contributed by atoms with Crippen LogP contribution in [0.2, 0.25) is 0 Å². The summed E-state index contributed by atoms with van der Waals surface area (Å²) in [6.45, 7) is 3.11. The monoisotopic (exact) mass is 428 g/mol. The van der Waals surface area contributed by atoms with Crippen molar-refractivity contribution in [3.8, 4) is 6.07 Å². The zero-order valence-corrected chi connectivity index (χ0v) is 18.1. The smallest absolute Gasteiger partial charge is 0.230 e. The van der Waals surface area contributed by atoms with Gasteiger partial charge in [0.1, 0.15) is 11.1 Å². The van der Waals surface area contributed by atoms with Crippen molar-refractivity contribution in [2.45, 2.75) is 31.1 Å². The molecule has 0 radical (unpaired) electrons. The van der Waals surface area contributed by atoms with Gasteiger partial charge in [-0.05, 0) is 22.8 Å². The maximum Gasteiger partial charge on any atom is 0.230 e. The van der Waals surface area contributed by atoms with Gasteiger partial charge < -0.3 is 5.32 Å². The van der Waals surface area contributed by atoms with Crippen molar-refractivity contribution in [2.24, 2.45) is 0 Å². The van der Waals surface area contributed by atoms with Gasteiger partial charge in [0.05, 0.1) is 11.3 Å². The normalized spacial score (nSPS) is 13.3. The van der Waals surface area contributed by atoms with Gasteiger partial charge in [0.25, 0.3) is 0 Å². The highest BCUT2D eigenvalue weighted by molar-refractivity contribution is 8.00. The number of rotatable bonds is 7. The number of hydrogen-bond acceptors (Lipinski definition) is 5. The van der Waals surface area contributed by atoms with Crippen LogP contribution in [0.3, 0.4) is 0 Å². The van der Waals surface area contributed by atoms with Gasteiger partial charge in [0.15, 0.2) is 0 Å². The van der Waals surface area contributed by atoms with E-state index in [1.54, 1.807) is 0 Å². The molecule has 2 heterocycles. The number of nitrogens with zero attached hydrogens (tertiary/aromatic N) is 3. The molecule has 6 heteroatoms. The highest BCUT2D eigenvalue weighted by atomic mass is 32.2. The summed E-state index contributed by atoms with van der Waals surface area (Å²) in [6.07, 6.45) is 0.849. The standard InChI is InChI=1S/C25H24N4OS/c26-14-21-13-22-17-29(16-20-9-5-2-6-10-20)12-11-23(22)28-25(21)31-18-24(30)27-15-19-7-3-1-4-8-19/h1-10,13H,11-12,15-18H2,(H,27,30). The molecule has 0 saturated carbocycles. The molecular formula is C25H24N4OS. The van der Waals surface area contributed by atoms with Crippen molar-refractivity contribution in [2.75, 3.05) is 12.3 Å². The Hall–Kier alpha value is -3.14. The Morgan fingerprint density at radius 3 is 2.52 bits per heavy atom. The number of hydrogen-bond donors (Lipinski definition) is 1. The van der Waals surface area contributed by atoms with Crippen molar-refractivity contribution < 1.29 is 4.79 Å². The van der Waals surface area contributed by atoms with E-state index < -0.39 is 0 Å². The molecule has 31 heavy (non-hydrogen) atoms. The Bertz CT molecular complexity index is 1080. The molecule has 0 spiro atoms. The second kappa shape index (κ2) is 10.3. The summed E-state index contributed by atoms with van der Waals surface area (Å²) >= 11 is 1.33. The van der Waals surface area contributed by atoms with Crippen LogP contribution >= 0.6 is 11.8 Å². The van der Waals surface area contributed by atoms with Crippen LogP contribution in [-0.2, 0) is 30.8 Å². The fourth-order valence-corrected chi connectivity index (χ4v) is 4.46. The van der Waals surface area contributed by atoms with Crippen molar-refractivity contribution in [3.05, 3.63) is 94.7 Å². The van der Waals surface area contributed by atoms with Crippen LogP contribution in [-0.4, -0.2) is 28.1 Å². The van der Waals surface area contributed by atoms with Crippen LogP contribution in [0.4, 0.5) is 0 Å².